The van der Waals surface area contributed by atoms with E-state index in [1.54, 1.807) is 54.1 Å². The Bertz CT molecular complexity index is 1410. The van der Waals surface area contributed by atoms with E-state index in [9.17, 15) is 9.59 Å². The molecular formula is C26H20N4O3. The summed E-state index contributed by atoms with van der Waals surface area (Å²) in [6.07, 6.45) is 0. The summed E-state index contributed by atoms with van der Waals surface area (Å²) < 4.78 is 7.35. The van der Waals surface area contributed by atoms with E-state index in [-0.39, 0.29) is 12.3 Å². The van der Waals surface area contributed by atoms with Gasteiger partial charge in [0.05, 0.1) is 17.3 Å². The van der Waals surface area contributed by atoms with Crippen molar-refractivity contribution in [2.45, 2.75) is 13.5 Å². The maximum absolute atomic E-state index is 12.8. The van der Waals surface area contributed by atoms with E-state index >= 15 is 0 Å². The van der Waals surface area contributed by atoms with Crippen molar-refractivity contribution in [3.05, 3.63) is 118 Å². The number of para-hydroxylation sites is 1. The molecule has 1 N–H and O–H groups in total. The van der Waals surface area contributed by atoms with E-state index in [1.807, 2.05) is 36.4 Å². The minimum atomic E-state index is -0.608. The number of anilines is 1. The molecule has 162 valence electrons. The SMILES string of the molecule is Cc1cc(=O)c(C(=O)Nc2cccc(OCc3cccc(C#N)c3)c2)nn1-c1ccccc1. The zero-order chi connectivity index (χ0) is 23.2. The maximum Gasteiger partial charge on any atom is 0.280 e. The van der Waals surface area contributed by atoms with E-state index in [1.165, 1.54) is 6.07 Å². The fourth-order valence-corrected chi connectivity index (χ4v) is 3.29. The lowest BCUT2D eigenvalue weighted by atomic mass is 10.1. The normalized spacial score (nSPS) is 10.3. The smallest absolute Gasteiger partial charge is 0.280 e. The first-order valence-corrected chi connectivity index (χ1v) is 10.2. The van der Waals surface area contributed by atoms with Gasteiger partial charge < -0.3 is 10.1 Å². The molecule has 4 aromatic rings. The Morgan fingerprint density at radius 1 is 1.03 bits per heavy atom. The first-order chi connectivity index (χ1) is 16.0. The second kappa shape index (κ2) is 9.62. The molecule has 0 aliphatic heterocycles. The van der Waals surface area contributed by atoms with Gasteiger partial charge in [0, 0.05) is 23.5 Å². The molecule has 7 nitrogen and oxygen atoms in total. The first-order valence-electron chi connectivity index (χ1n) is 10.2. The second-order valence-corrected chi connectivity index (χ2v) is 7.33. The van der Waals surface area contributed by atoms with Crippen LogP contribution in [0.4, 0.5) is 5.69 Å². The van der Waals surface area contributed by atoms with Gasteiger partial charge >= 0.3 is 0 Å². The van der Waals surface area contributed by atoms with Crippen LogP contribution >= 0.6 is 0 Å². The lowest BCUT2D eigenvalue weighted by Crippen LogP contribution is -2.26. The number of ether oxygens (including phenoxy) is 1. The molecule has 0 aliphatic rings. The van der Waals surface area contributed by atoms with Crippen LogP contribution in [0.15, 0.2) is 89.7 Å². The Morgan fingerprint density at radius 2 is 1.82 bits per heavy atom. The summed E-state index contributed by atoms with van der Waals surface area (Å²) in [4.78, 5) is 25.3. The molecule has 7 heteroatoms. The number of carbonyl (C=O) groups is 1. The van der Waals surface area contributed by atoms with Crippen LogP contribution in [0.3, 0.4) is 0 Å². The van der Waals surface area contributed by atoms with Crippen molar-refractivity contribution in [2.75, 3.05) is 5.32 Å². The van der Waals surface area contributed by atoms with Crippen molar-refractivity contribution >= 4 is 11.6 Å². The van der Waals surface area contributed by atoms with Crippen molar-refractivity contribution in [1.29, 1.82) is 5.26 Å². The molecule has 0 saturated carbocycles. The summed E-state index contributed by atoms with van der Waals surface area (Å²) >= 11 is 0. The van der Waals surface area contributed by atoms with Crippen LogP contribution in [0.1, 0.15) is 27.3 Å². The molecule has 1 heterocycles. The zero-order valence-corrected chi connectivity index (χ0v) is 17.9. The molecule has 0 saturated heterocycles. The second-order valence-electron chi connectivity index (χ2n) is 7.33. The average molecular weight is 436 g/mol. The average Bonchev–Trinajstić information content (AvgIpc) is 2.83. The highest BCUT2D eigenvalue weighted by molar-refractivity contribution is 6.02. The van der Waals surface area contributed by atoms with E-state index in [0.717, 1.165) is 11.3 Å². The van der Waals surface area contributed by atoms with Crippen molar-refractivity contribution in [3.8, 4) is 17.5 Å². The predicted octanol–water partition coefficient (Wildman–Crippen LogP) is 4.24. The monoisotopic (exact) mass is 436 g/mol. The number of benzene rings is 3. The highest BCUT2D eigenvalue weighted by Gasteiger charge is 2.16. The van der Waals surface area contributed by atoms with E-state index in [4.69, 9.17) is 10.00 Å². The summed E-state index contributed by atoms with van der Waals surface area (Å²) in [7, 11) is 0. The molecular weight excluding hydrogens is 416 g/mol. The van der Waals surface area contributed by atoms with Crippen LogP contribution in [0.5, 0.6) is 5.75 Å². The lowest BCUT2D eigenvalue weighted by Gasteiger charge is -2.12. The molecule has 0 radical (unpaired) electrons. The summed E-state index contributed by atoms with van der Waals surface area (Å²) in [5.74, 6) is -0.0720. The van der Waals surface area contributed by atoms with Gasteiger partial charge in [-0.05, 0) is 48.9 Å². The fourth-order valence-electron chi connectivity index (χ4n) is 3.29. The van der Waals surface area contributed by atoms with Gasteiger partial charge in [0.1, 0.15) is 12.4 Å². The number of hydrogen-bond acceptors (Lipinski definition) is 5. The van der Waals surface area contributed by atoms with Gasteiger partial charge in [-0.2, -0.15) is 10.4 Å². The first kappa shape index (κ1) is 21.5. The molecule has 33 heavy (non-hydrogen) atoms. The Labute approximate surface area is 190 Å². The number of nitrogens with zero attached hydrogens (tertiary/aromatic N) is 3. The standard InChI is InChI=1S/C26H20N4O3/c1-18-13-24(31)25(29-30(18)22-10-3-2-4-11-22)26(32)28-21-9-6-12-23(15-21)33-17-20-8-5-7-19(14-20)16-27/h2-15H,17H2,1H3,(H,28,32). The Hall–Kier alpha value is -4.70. The molecule has 0 spiro atoms. The highest BCUT2D eigenvalue weighted by Crippen LogP contribution is 2.19. The molecule has 3 aromatic carbocycles. The van der Waals surface area contributed by atoms with Gasteiger partial charge in [0.15, 0.2) is 5.69 Å². The maximum atomic E-state index is 12.8. The van der Waals surface area contributed by atoms with Crippen molar-refractivity contribution in [3.63, 3.8) is 0 Å². The fraction of sp³-hybridized carbons (Fsp3) is 0.0769. The molecule has 0 atom stereocenters. The van der Waals surface area contributed by atoms with Crippen LogP contribution in [0.2, 0.25) is 0 Å². The predicted molar refractivity (Wildman–Crippen MR) is 124 cm³/mol. The molecule has 0 bridgehead atoms. The van der Waals surface area contributed by atoms with Gasteiger partial charge in [0.25, 0.3) is 5.91 Å². The number of carbonyl (C=O) groups excluding carboxylic acids is 1. The summed E-state index contributed by atoms with van der Waals surface area (Å²) in [5, 5.41) is 16.0. The van der Waals surface area contributed by atoms with Gasteiger partial charge in [-0.1, -0.05) is 36.4 Å². The number of amides is 1. The number of aromatic nitrogens is 2. The highest BCUT2D eigenvalue weighted by atomic mass is 16.5. The number of hydrogen-bond donors (Lipinski definition) is 1. The summed E-state index contributed by atoms with van der Waals surface area (Å²) in [5.41, 5.74) is 2.60. The van der Waals surface area contributed by atoms with Gasteiger partial charge in [0.2, 0.25) is 5.43 Å². The minimum Gasteiger partial charge on any atom is -0.489 e. The van der Waals surface area contributed by atoms with Crippen molar-refractivity contribution < 1.29 is 9.53 Å². The van der Waals surface area contributed by atoms with E-state index in [0.29, 0.717) is 22.7 Å². The van der Waals surface area contributed by atoms with Crippen molar-refractivity contribution in [2.24, 2.45) is 0 Å². The quantitative estimate of drug-likeness (QED) is 0.488. The largest absolute Gasteiger partial charge is 0.489 e. The van der Waals surface area contributed by atoms with Gasteiger partial charge in [-0.15, -0.1) is 0 Å². The van der Waals surface area contributed by atoms with Crippen LogP contribution in [0.25, 0.3) is 5.69 Å². The van der Waals surface area contributed by atoms with Crippen LogP contribution < -0.4 is 15.5 Å². The van der Waals surface area contributed by atoms with Crippen LogP contribution in [-0.2, 0) is 6.61 Å². The number of nitrogens with one attached hydrogen (secondary N) is 1. The Kier molecular flexibility index (Phi) is 6.28. The molecule has 0 aliphatic carbocycles. The van der Waals surface area contributed by atoms with Gasteiger partial charge in [-0.25, -0.2) is 4.68 Å². The van der Waals surface area contributed by atoms with Crippen LogP contribution in [0, 0.1) is 18.3 Å². The molecule has 0 unspecified atom stereocenters. The molecule has 1 amide bonds. The third-order valence-corrected chi connectivity index (χ3v) is 4.88. The number of aryl methyl sites for hydroxylation is 1. The van der Waals surface area contributed by atoms with Crippen LogP contribution in [-0.4, -0.2) is 15.7 Å². The Balaban J connectivity index is 1.51. The zero-order valence-electron chi connectivity index (χ0n) is 17.9. The molecule has 4 rings (SSSR count). The third kappa shape index (κ3) is 5.14. The molecule has 1 aromatic heterocycles. The number of nitriles is 1. The third-order valence-electron chi connectivity index (χ3n) is 4.88. The number of rotatable bonds is 6. The van der Waals surface area contributed by atoms with E-state index in [2.05, 4.69) is 16.5 Å². The lowest BCUT2D eigenvalue weighted by molar-refractivity contribution is 0.101. The van der Waals surface area contributed by atoms with Crippen molar-refractivity contribution in [1.82, 2.24) is 9.78 Å². The molecule has 0 fully saturated rings. The van der Waals surface area contributed by atoms with E-state index < -0.39 is 11.3 Å². The van der Waals surface area contributed by atoms with Gasteiger partial charge in [-0.3, -0.25) is 9.59 Å². The summed E-state index contributed by atoms with van der Waals surface area (Å²) in [6, 6.07) is 26.8. The summed E-state index contributed by atoms with van der Waals surface area (Å²) in [6.45, 7) is 2.03. The minimum absolute atomic E-state index is 0.205. The topological polar surface area (TPSA) is 97.0 Å². The Morgan fingerprint density at radius 3 is 2.61 bits per heavy atom.